The molecule has 1 heterocycles. The number of amides is 3. The molecule has 0 bridgehead atoms. The number of urea groups is 1. The van der Waals surface area contributed by atoms with Crippen LogP contribution in [0.5, 0.6) is 17.2 Å². The zero-order valence-electron chi connectivity index (χ0n) is 21.1. The van der Waals surface area contributed by atoms with Crippen molar-refractivity contribution >= 4 is 17.6 Å². The van der Waals surface area contributed by atoms with E-state index in [2.05, 4.69) is 19.2 Å². The zero-order chi connectivity index (χ0) is 25.4. The summed E-state index contributed by atoms with van der Waals surface area (Å²) in [6.45, 7) is 6.30. The maximum Gasteiger partial charge on any atom is 0.322 e. The van der Waals surface area contributed by atoms with Crippen molar-refractivity contribution in [2.24, 2.45) is 5.92 Å². The second-order valence-electron chi connectivity index (χ2n) is 8.77. The van der Waals surface area contributed by atoms with Crippen LogP contribution in [0, 0.1) is 5.92 Å². The SMILES string of the molecule is COc1cccc(NC(=O)N2CCOC(CN(CC(C)C)C(=O)c3ccc(OC)c(OC)c3)C2)c1. The van der Waals surface area contributed by atoms with Gasteiger partial charge in [-0.15, -0.1) is 0 Å². The normalized spacial score (nSPS) is 15.5. The molecule has 1 fully saturated rings. The molecule has 9 nitrogen and oxygen atoms in total. The molecule has 2 aromatic carbocycles. The van der Waals surface area contributed by atoms with Crippen LogP contribution in [0.4, 0.5) is 10.5 Å². The van der Waals surface area contributed by atoms with Crippen LogP contribution in [0.25, 0.3) is 0 Å². The highest BCUT2D eigenvalue weighted by Gasteiger charge is 2.28. The van der Waals surface area contributed by atoms with E-state index in [4.69, 9.17) is 18.9 Å². The summed E-state index contributed by atoms with van der Waals surface area (Å²) in [5, 5.41) is 2.91. The first-order chi connectivity index (χ1) is 16.8. The zero-order valence-corrected chi connectivity index (χ0v) is 21.1. The highest BCUT2D eigenvalue weighted by molar-refractivity contribution is 5.95. The average Bonchev–Trinajstić information content (AvgIpc) is 2.87. The summed E-state index contributed by atoms with van der Waals surface area (Å²) in [4.78, 5) is 29.8. The number of hydrogen-bond donors (Lipinski definition) is 1. The third kappa shape index (κ3) is 7.02. The molecule has 3 amide bonds. The smallest absolute Gasteiger partial charge is 0.322 e. The highest BCUT2D eigenvalue weighted by Crippen LogP contribution is 2.28. The molecule has 1 saturated heterocycles. The molecule has 2 aromatic rings. The lowest BCUT2D eigenvalue weighted by Crippen LogP contribution is -2.52. The van der Waals surface area contributed by atoms with Gasteiger partial charge in [-0.3, -0.25) is 4.79 Å². The van der Waals surface area contributed by atoms with Gasteiger partial charge >= 0.3 is 6.03 Å². The summed E-state index contributed by atoms with van der Waals surface area (Å²) in [5.41, 5.74) is 1.16. The topological polar surface area (TPSA) is 89.6 Å². The van der Waals surface area contributed by atoms with E-state index < -0.39 is 0 Å². The molecule has 1 unspecified atom stereocenters. The van der Waals surface area contributed by atoms with E-state index >= 15 is 0 Å². The molecule has 0 aliphatic carbocycles. The Morgan fingerprint density at radius 3 is 2.54 bits per heavy atom. The van der Waals surface area contributed by atoms with Gasteiger partial charge in [0.1, 0.15) is 5.75 Å². The van der Waals surface area contributed by atoms with Gasteiger partial charge in [-0.1, -0.05) is 19.9 Å². The number of morpholine rings is 1. The first kappa shape index (κ1) is 26.2. The van der Waals surface area contributed by atoms with Gasteiger partial charge in [-0.25, -0.2) is 4.79 Å². The number of carbonyl (C=O) groups excluding carboxylic acids is 2. The number of nitrogens with one attached hydrogen (secondary N) is 1. The number of benzene rings is 2. The number of nitrogens with zero attached hydrogens (tertiary/aromatic N) is 2. The molecule has 190 valence electrons. The van der Waals surface area contributed by atoms with E-state index in [9.17, 15) is 9.59 Å². The van der Waals surface area contributed by atoms with E-state index in [0.29, 0.717) is 61.3 Å². The molecule has 9 heteroatoms. The first-order valence-electron chi connectivity index (χ1n) is 11.7. The monoisotopic (exact) mass is 485 g/mol. The molecule has 1 aliphatic rings. The first-order valence-corrected chi connectivity index (χ1v) is 11.7. The molecular formula is C26H35N3O6. The Bertz CT molecular complexity index is 1010. The van der Waals surface area contributed by atoms with Crippen LogP contribution >= 0.6 is 0 Å². The van der Waals surface area contributed by atoms with Crippen LogP contribution in [-0.2, 0) is 4.74 Å². The van der Waals surface area contributed by atoms with Crippen LogP contribution in [0.3, 0.4) is 0 Å². The van der Waals surface area contributed by atoms with Crippen LogP contribution in [0.15, 0.2) is 42.5 Å². The van der Waals surface area contributed by atoms with Crippen molar-refractivity contribution in [1.29, 1.82) is 0 Å². The maximum atomic E-state index is 13.4. The molecule has 0 aromatic heterocycles. The molecule has 1 atom stereocenters. The van der Waals surface area contributed by atoms with E-state index in [1.54, 1.807) is 55.4 Å². The van der Waals surface area contributed by atoms with Crippen LogP contribution in [0.1, 0.15) is 24.2 Å². The summed E-state index contributed by atoms with van der Waals surface area (Å²) in [6, 6.07) is 12.1. The van der Waals surface area contributed by atoms with Crippen molar-refractivity contribution in [3.63, 3.8) is 0 Å². The van der Waals surface area contributed by atoms with Gasteiger partial charge in [0.25, 0.3) is 5.91 Å². The summed E-state index contributed by atoms with van der Waals surface area (Å²) in [5.74, 6) is 1.86. The van der Waals surface area contributed by atoms with Gasteiger partial charge in [-0.05, 0) is 36.2 Å². The fraction of sp³-hybridized carbons (Fsp3) is 0.462. The van der Waals surface area contributed by atoms with Crippen molar-refractivity contribution in [3.05, 3.63) is 48.0 Å². The number of rotatable bonds is 9. The minimum Gasteiger partial charge on any atom is -0.497 e. The Kier molecular flexibility index (Phi) is 9.19. The summed E-state index contributed by atoms with van der Waals surface area (Å²) >= 11 is 0. The number of hydrogen-bond acceptors (Lipinski definition) is 6. The average molecular weight is 486 g/mol. The largest absolute Gasteiger partial charge is 0.497 e. The van der Waals surface area contributed by atoms with Gasteiger partial charge in [0, 0.05) is 37.0 Å². The molecule has 0 radical (unpaired) electrons. The third-order valence-corrected chi connectivity index (χ3v) is 5.67. The fourth-order valence-electron chi connectivity index (χ4n) is 4.00. The van der Waals surface area contributed by atoms with E-state index in [1.807, 2.05) is 18.2 Å². The van der Waals surface area contributed by atoms with Gasteiger partial charge in [0.15, 0.2) is 11.5 Å². The Morgan fingerprint density at radius 1 is 1.09 bits per heavy atom. The number of ether oxygens (including phenoxy) is 4. The Labute approximate surface area is 206 Å². The Balaban J connectivity index is 1.68. The van der Waals surface area contributed by atoms with Crippen molar-refractivity contribution < 1.29 is 28.5 Å². The maximum absolute atomic E-state index is 13.4. The van der Waals surface area contributed by atoms with Gasteiger partial charge in [0.2, 0.25) is 0 Å². The molecule has 3 rings (SSSR count). The lowest BCUT2D eigenvalue weighted by molar-refractivity contribution is -0.0272. The van der Waals surface area contributed by atoms with Crippen molar-refractivity contribution in [2.75, 3.05) is 59.4 Å². The van der Waals surface area contributed by atoms with Crippen molar-refractivity contribution in [2.45, 2.75) is 20.0 Å². The van der Waals surface area contributed by atoms with Crippen molar-refractivity contribution in [3.8, 4) is 17.2 Å². The van der Waals surface area contributed by atoms with Gasteiger partial charge in [0.05, 0.1) is 40.6 Å². The number of anilines is 1. The molecule has 0 saturated carbocycles. The van der Waals surface area contributed by atoms with E-state index in [1.165, 1.54) is 0 Å². The minimum absolute atomic E-state index is 0.124. The quantitative estimate of drug-likeness (QED) is 0.582. The van der Waals surface area contributed by atoms with E-state index in [-0.39, 0.29) is 24.0 Å². The number of carbonyl (C=O) groups is 2. The third-order valence-electron chi connectivity index (χ3n) is 5.67. The minimum atomic E-state index is -0.303. The lowest BCUT2D eigenvalue weighted by Gasteiger charge is -2.36. The van der Waals surface area contributed by atoms with Crippen molar-refractivity contribution in [1.82, 2.24) is 9.80 Å². The second kappa shape index (κ2) is 12.3. The van der Waals surface area contributed by atoms with Gasteiger partial charge < -0.3 is 34.1 Å². The number of methoxy groups -OCH3 is 3. The van der Waals surface area contributed by atoms with Crippen LogP contribution in [0.2, 0.25) is 0 Å². The Hall–Kier alpha value is -3.46. The molecular weight excluding hydrogens is 450 g/mol. The standard InChI is InChI=1S/C26H35N3O6/c1-18(2)15-29(25(30)19-9-10-23(33-4)24(13-19)34-5)17-22-16-28(11-12-35-22)26(31)27-20-7-6-8-21(14-20)32-3/h6-10,13-14,18,22H,11-12,15-17H2,1-5H3,(H,27,31). The summed E-state index contributed by atoms with van der Waals surface area (Å²) in [6.07, 6.45) is -0.303. The van der Waals surface area contributed by atoms with E-state index in [0.717, 1.165) is 0 Å². The van der Waals surface area contributed by atoms with Gasteiger partial charge in [-0.2, -0.15) is 0 Å². The summed E-state index contributed by atoms with van der Waals surface area (Å²) in [7, 11) is 4.68. The molecule has 1 N–H and O–H groups in total. The predicted molar refractivity (Wildman–Crippen MR) is 134 cm³/mol. The Morgan fingerprint density at radius 2 is 1.86 bits per heavy atom. The fourth-order valence-corrected chi connectivity index (χ4v) is 4.00. The molecule has 35 heavy (non-hydrogen) atoms. The predicted octanol–water partition coefficient (Wildman–Crippen LogP) is 3.74. The van der Waals surface area contributed by atoms with Crippen LogP contribution in [-0.4, -0.2) is 82.0 Å². The second-order valence-corrected chi connectivity index (χ2v) is 8.77. The highest BCUT2D eigenvalue weighted by atomic mass is 16.5. The molecule has 1 aliphatic heterocycles. The lowest BCUT2D eigenvalue weighted by atomic mass is 10.1. The van der Waals surface area contributed by atoms with Crippen LogP contribution < -0.4 is 19.5 Å². The molecule has 0 spiro atoms. The summed E-state index contributed by atoms with van der Waals surface area (Å²) < 4.78 is 21.8.